The zero-order valence-corrected chi connectivity index (χ0v) is 16.2. The van der Waals surface area contributed by atoms with Gasteiger partial charge in [0.1, 0.15) is 0 Å². The number of carbonyl (C=O) groups is 1. The number of hydrogen-bond donors (Lipinski definition) is 0. The van der Waals surface area contributed by atoms with Gasteiger partial charge in [0.15, 0.2) is 5.82 Å². The molecule has 10 heteroatoms. The molecule has 0 bridgehead atoms. The van der Waals surface area contributed by atoms with Crippen LogP contribution in [0.5, 0.6) is 0 Å². The molecule has 0 aliphatic carbocycles. The first-order valence-corrected chi connectivity index (χ1v) is 10.1. The van der Waals surface area contributed by atoms with Crippen LogP contribution in [0.1, 0.15) is 25.1 Å². The van der Waals surface area contributed by atoms with E-state index in [1.807, 2.05) is 23.6 Å². The fourth-order valence-electron chi connectivity index (χ4n) is 3.89. The van der Waals surface area contributed by atoms with Crippen LogP contribution < -0.4 is 0 Å². The molecule has 10 nitrogen and oxygen atoms in total. The standard InChI is InChI=1S/C18H28N8O2/c27-18(25-5-1-16(2-6-25)13-24-8-4-19-15-24)3-7-26-17(20-21-22-26)14-23-9-11-28-12-10-23/h4,8,15-16H,1-3,5-7,9-14H2. The Labute approximate surface area is 164 Å². The van der Waals surface area contributed by atoms with E-state index >= 15 is 0 Å². The van der Waals surface area contributed by atoms with Crippen molar-refractivity contribution in [1.29, 1.82) is 0 Å². The molecule has 4 rings (SSSR count). The van der Waals surface area contributed by atoms with E-state index in [1.54, 1.807) is 4.68 Å². The number of morpholine rings is 1. The van der Waals surface area contributed by atoms with Gasteiger partial charge in [0.25, 0.3) is 0 Å². The summed E-state index contributed by atoms with van der Waals surface area (Å²) in [5, 5.41) is 12.0. The number of carbonyl (C=O) groups excluding carboxylic acids is 1. The Bertz CT molecular complexity index is 733. The fourth-order valence-corrected chi connectivity index (χ4v) is 3.89. The predicted molar refractivity (Wildman–Crippen MR) is 100 cm³/mol. The molecule has 2 aromatic rings. The summed E-state index contributed by atoms with van der Waals surface area (Å²) in [5.74, 6) is 1.61. The lowest BCUT2D eigenvalue weighted by molar-refractivity contribution is -0.132. The minimum atomic E-state index is 0.189. The van der Waals surface area contributed by atoms with Gasteiger partial charge in [-0.3, -0.25) is 9.69 Å². The largest absolute Gasteiger partial charge is 0.379 e. The van der Waals surface area contributed by atoms with E-state index in [2.05, 4.69) is 30.0 Å². The number of likely N-dealkylation sites (tertiary alicyclic amines) is 1. The monoisotopic (exact) mass is 388 g/mol. The molecule has 0 atom stereocenters. The summed E-state index contributed by atoms with van der Waals surface area (Å²) < 4.78 is 9.26. The third-order valence-corrected chi connectivity index (χ3v) is 5.61. The smallest absolute Gasteiger partial charge is 0.224 e. The summed E-state index contributed by atoms with van der Waals surface area (Å²) >= 11 is 0. The van der Waals surface area contributed by atoms with Crippen LogP contribution in [0.15, 0.2) is 18.7 Å². The molecule has 28 heavy (non-hydrogen) atoms. The molecule has 0 unspecified atom stereocenters. The molecule has 1 amide bonds. The van der Waals surface area contributed by atoms with Crippen molar-refractivity contribution in [1.82, 2.24) is 39.6 Å². The van der Waals surface area contributed by atoms with Gasteiger partial charge in [0.05, 0.1) is 32.6 Å². The topological polar surface area (TPSA) is 94.2 Å². The van der Waals surface area contributed by atoms with Crippen molar-refractivity contribution in [3.05, 3.63) is 24.5 Å². The van der Waals surface area contributed by atoms with Gasteiger partial charge in [0.2, 0.25) is 5.91 Å². The van der Waals surface area contributed by atoms with Crippen LogP contribution >= 0.6 is 0 Å². The van der Waals surface area contributed by atoms with Crippen molar-refractivity contribution >= 4 is 5.91 Å². The summed E-state index contributed by atoms with van der Waals surface area (Å²) in [6.45, 7) is 7.14. The Morgan fingerprint density at radius 1 is 1.18 bits per heavy atom. The average Bonchev–Trinajstić information content (AvgIpc) is 3.40. The van der Waals surface area contributed by atoms with Crippen LogP contribution in [0.2, 0.25) is 0 Å². The molecule has 152 valence electrons. The van der Waals surface area contributed by atoms with E-state index in [-0.39, 0.29) is 5.91 Å². The highest BCUT2D eigenvalue weighted by molar-refractivity contribution is 5.76. The third-order valence-electron chi connectivity index (χ3n) is 5.61. The number of aryl methyl sites for hydroxylation is 1. The van der Waals surface area contributed by atoms with Gasteiger partial charge in [-0.05, 0) is 29.2 Å². The molecular formula is C18H28N8O2. The van der Waals surface area contributed by atoms with E-state index in [0.717, 1.165) is 64.6 Å². The van der Waals surface area contributed by atoms with Gasteiger partial charge in [-0.2, -0.15) is 0 Å². The number of tetrazole rings is 1. The number of nitrogens with zero attached hydrogens (tertiary/aromatic N) is 8. The van der Waals surface area contributed by atoms with Crippen LogP contribution in [0.3, 0.4) is 0 Å². The van der Waals surface area contributed by atoms with Crippen LogP contribution in [0.4, 0.5) is 0 Å². The van der Waals surface area contributed by atoms with Crippen LogP contribution in [-0.4, -0.2) is 84.9 Å². The summed E-state index contributed by atoms with van der Waals surface area (Å²) in [6.07, 6.45) is 8.18. The number of rotatable bonds is 7. The number of piperidine rings is 1. The van der Waals surface area contributed by atoms with E-state index in [9.17, 15) is 4.79 Å². The number of ether oxygens (including phenoxy) is 1. The maximum Gasteiger partial charge on any atom is 0.224 e. The second-order valence-electron chi connectivity index (χ2n) is 7.54. The molecule has 2 aromatic heterocycles. The minimum absolute atomic E-state index is 0.189. The minimum Gasteiger partial charge on any atom is -0.379 e. The number of aromatic nitrogens is 6. The summed E-state index contributed by atoms with van der Waals surface area (Å²) in [6, 6.07) is 0. The number of imidazole rings is 1. The van der Waals surface area contributed by atoms with Crippen molar-refractivity contribution in [2.45, 2.75) is 38.9 Å². The lowest BCUT2D eigenvalue weighted by Gasteiger charge is -2.32. The third kappa shape index (κ3) is 4.93. The zero-order valence-electron chi connectivity index (χ0n) is 16.2. The van der Waals surface area contributed by atoms with Gasteiger partial charge in [-0.15, -0.1) is 5.10 Å². The van der Waals surface area contributed by atoms with Crippen molar-refractivity contribution in [3.8, 4) is 0 Å². The second-order valence-corrected chi connectivity index (χ2v) is 7.54. The van der Waals surface area contributed by atoms with Gasteiger partial charge in [-0.1, -0.05) is 0 Å². The summed E-state index contributed by atoms with van der Waals surface area (Å²) in [5.41, 5.74) is 0. The molecule has 4 heterocycles. The molecule has 2 aliphatic rings. The Kier molecular flexibility index (Phi) is 6.27. The summed E-state index contributed by atoms with van der Waals surface area (Å²) in [4.78, 5) is 21.0. The number of amides is 1. The lowest BCUT2D eigenvalue weighted by atomic mass is 9.96. The van der Waals surface area contributed by atoms with E-state index in [0.29, 0.717) is 25.4 Å². The molecule has 0 radical (unpaired) electrons. The first-order valence-electron chi connectivity index (χ1n) is 10.1. The maximum absolute atomic E-state index is 12.6. The molecular weight excluding hydrogens is 360 g/mol. The van der Waals surface area contributed by atoms with Crippen LogP contribution in [-0.2, 0) is 29.2 Å². The summed E-state index contributed by atoms with van der Waals surface area (Å²) in [7, 11) is 0. The molecule has 0 spiro atoms. The van der Waals surface area contributed by atoms with E-state index in [1.165, 1.54) is 0 Å². The van der Waals surface area contributed by atoms with Crippen molar-refractivity contribution in [3.63, 3.8) is 0 Å². The number of hydrogen-bond acceptors (Lipinski definition) is 7. The molecule has 2 aliphatic heterocycles. The van der Waals surface area contributed by atoms with E-state index in [4.69, 9.17) is 4.74 Å². The first-order chi connectivity index (χ1) is 13.8. The first kappa shape index (κ1) is 19.0. The van der Waals surface area contributed by atoms with Gasteiger partial charge in [0, 0.05) is 51.5 Å². The normalized spacial score (nSPS) is 19.2. The highest BCUT2D eigenvalue weighted by Gasteiger charge is 2.23. The SMILES string of the molecule is O=C(CCn1nnnc1CN1CCOCC1)N1CCC(Cn2ccnc2)CC1. The van der Waals surface area contributed by atoms with Gasteiger partial charge in [-0.25, -0.2) is 9.67 Å². The quantitative estimate of drug-likeness (QED) is 0.660. The van der Waals surface area contributed by atoms with Gasteiger partial charge >= 0.3 is 0 Å². The Hall–Kier alpha value is -2.33. The molecule has 0 aromatic carbocycles. The van der Waals surface area contributed by atoms with E-state index < -0.39 is 0 Å². The average molecular weight is 388 g/mol. The van der Waals surface area contributed by atoms with Crippen molar-refractivity contribution in [2.24, 2.45) is 5.92 Å². The van der Waals surface area contributed by atoms with Gasteiger partial charge < -0.3 is 14.2 Å². The molecule has 2 fully saturated rings. The maximum atomic E-state index is 12.6. The lowest BCUT2D eigenvalue weighted by Crippen LogP contribution is -2.39. The fraction of sp³-hybridized carbons (Fsp3) is 0.722. The predicted octanol–water partition coefficient (Wildman–Crippen LogP) is 0.0307. The Balaban J connectivity index is 1.21. The zero-order chi connectivity index (χ0) is 19.2. The van der Waals surface area contributed by atoms with Crippen molar-refractivity contribution < 1.29 is 9.53 Å². The molecule has 0 saturated carbocycles. The molecule has 2 saturated heterocycles. The van der Waals surface area contributed by atoms with Crippen LogP contribution in [0.25, 0.3) is 0 Å². The highest BCUT2D eigenvalue weighted by atomic mass is 16.5. The Morgan fingerprint density at radius 2 is 2.00 bits per heavy atom. The highest BCUT2D eigenvalue weighted by Crippen LogP contribution is 2.19. The second kappa shape index (κ2) is 9.24. The van der Waals surface area contributed by atoms with Crippen molar-refractivity contribution in [2.75, 3.05) is 39.4 Å². The Morgan fingerprint density at radius 3 is 2.75 bits per heavy atom. The van der Waals surface area contributed by atoms with Crippen LogP contribution in [0, 0.1) is 5.92 Å². The molecule has 0 N–H and O–H groups in total.